The Morgan fingerprint density at radius 2 is 1.88 bits per heavy atom. The molecule has 0 aromatic heterocycles. The van der Waals surface area contributed by atoms with E-state index in [2.05, 4.69) is 15.5 Å². The van der Waals surface area contributed by atoms with Crippen LogP contribution >= 0.6 is 0 Å². The van der Waals surface area contributed by atoms with E-state index in [0.29, 0.717) is 37.6 Å². The molecule has 0 bridgehead atoms. The Hall–Kier alpha value is -2.94. The Kier molecular flexibility index (Phi) is 10.0. The van der Waals surface area contributed by atoms with E-state index in [1.54, 1.807) is 35.9 Å². The van der Waals surface area contributed by atoms with Crippen LogP contribution in [0, 0.1) is 6.92 Å². The zero-order valence-corrected chi connectivity index (χ0v) is 24.8. The highest BCUT2D eigenvalue weighted by atomic mass is 32.2. The summed E-state index contributed by atoms with van der Waals surface area (Å²) in [5.74, 6) is -1.23. The zero-order valence-electron chi connectivity index (χ0n) is 24.0. The molecule has 2 atom stereocenters. The van der Waals surface area contributed by atoms with Gasteiger partial charge in [-0.05, 0) is 51.8 Å². The van der Waals surface area contributed by atoms with Gasteiger partial charge in [-0.15, -0.1) is 0 Å². The first kappa shape index (κ1) is 31.6. The van der Waals surface area contributed by atoms with Crippen LogP contribution in [0.25, 0.3) is 0 Å². The second-order valence-corrected chi connectivity index (χ2v) is 13.5. The lowest BCUT2D eigenvalue weighted by molar-refractivity contribution is -0.133. The highest BCUT2D eigenvalue weighted by Crippen LogP contribution is 2.38. The van der Waals surface area contributed by atoms with Gasteiger partial charge in [0.1, 0.15) is 9.84 Å². The van der Waals surface area contributed by atoms with E-state index in [1.165, 1.54) is 0 Å². The van der Waals surface area contributed by atoms with E-state index in [1.807, 2.05) is 20.8 Å². The zero-order chi connectivity index (χ0) is 29.8. The maximum absolute atomic E-state index is 13.6. The summed E-state index contributed by atoms with van der Waals surface area (Å²) in [5, 5.41) is 14.6. The number of benzene rings is 1. The van der Waals surface area contributed by atoms with Crippen molar-refractivity contribution in [2.75, 3.05) is 68.7 Å². The summed E-state index contributed by atoms with van der Waals surface area (Å²) in [5.41, 5.74) is 0.760. The number of ether oxygens (including phenoxy) is 2. The van der Waals surface area contributed by atoms with Gasteiger partial charge in [0.2, 0.25) is 12.3 Å². The van der Waals surface area contributed by atoms with Crippen LogP contribution in [-0.2, 0) is 24.1 Å². The summed E-state index contributed by atoms with van der Waals surface area (Å²) in [6.07, 6.45) is -1.25. The van der Waals surface area contributed by atoms with E-state index < -0.39 is 39.8 Å². The summed E-state index contributed by atoms with van der Waals surface area (Å²) in [4.78, 5) is 43.6. The fraction of sp³-hybridized carbons (Fsp3) is 0.654. The van der Waals surface area contributed by atoms with Crippen LogP contribution in [0.15, 0.2) is 12.1 Å². The molecule has 0 spiro atoms. The molecular formula is C26H41N5O8S. The first-order valence-corrected chi connectivity index (χ1v) is 15.3. The van der Waals surface area contributed by atoms with Gasteiger partial charge in [0.15, 0.2) is 0 Å². The van der Waals surface area contributed by atoms with Crippen molar-refractivity contribution in [2.45, 2.75) is 52.0 Å². The molecule has 2 amide bonds. The Labute approximate surface area is 235 Å². The number of carbonyl (C=O) groups is 3. The van der Waals surface area contributed by atoms with Crippen LogP contribution in [0.4, 0.5) is 16.2 Å². The van der Waals surface area contributed by atoms with Crippen molar-refractivity contribution in [3.05, 3.63) is 23.3 Å². The lowest BCUT2D eigenvalue weighted by atomic mass is 9.97. The normalized spacial score (nSPS) is 19.0. The van der Waals surface area contributed by atoms with Crippen LogP contribution < -0.4 is 15.5 Å². The number of amides is 2. The Bertz CT molecular complexity index is 1210. The molecule has 1 unspecified atom stereocenters. The predicted molar refractivity (Wildman–Crippen MR) is 150 cm³/mol. The number of hydrogen-bond acceptors (Lipinski definition) is 10. The molecule has 0 aliphatic carbocycles. The molecule has 0 radical (unpaired) electrons. The molecule has 2 heterocycles. The molecule has 2 aliphatic rings. The molecule has 224 valence electrons. The van der Waals surface area contributed by atoms with Crippen molar-refractivity contribution in [3.63, 3.8) is 0 Å². The van der Waals surface area contributed by atoms with Crippen LogP contribution in [0.1, 0.15) is 43.1 Å². The minimum Gasteiger partial charge on any atom is -0.465 e. The Morgan fingerprint density at radius 1 is 1.23 bits per heavy atom. The fourth-order valence-electron chi connectivity index (χ4n) is 4.84. The van der Waals surface area contributed by atoms with Crippen molar-refractivity contribution >= 4 is 39.2 Å². The third-order valence-electron chi connectivity index (χ3n) is 6.97. The molecule has 1 aromatic carbocycles. The fourth-order valence-corrected chi connectivity index (χ4v) is 5.51. The van der Waals surface area contributed by atoms with Gasteiger partial charge < -0.3 is 24.4 Å². The van der Waals surface area contributed by atoms with Gasteiger partial charge in [-0.1, -0.05) is 0 Å². The Balaban J connectivity index is 1.89. The summed E-state index contributed by atoms with van der Waals surface area (Å²) >= 11 is 0. The first-order chi connectivity index (χ1) is 18.6. The van der Waals surface area contributed by atoms with Gasteiger partial charge >= 0.3 is 12.1 Å². The van der Waals surface area contributed by atoms with Crippen molar-refractivity contribution in [3.8, 4) is 0 Å². The SMILES string of the molecule is Cc1c(NC(=O)O)ccc2c1C(=O)OC(N[C@@H](CCS(C)(=O)=O)C(=O)N(C)CCN1CCOCC1)N2C(C)(C)C. The first-order valence-electron chi connectivity index (χ1n) is 13.2. The number of likely N-dealkylation sites (N-methyl/N-ethyl adjacent to an activating group) is 1. The number of nitrogens with one attached hydrogen (secondary N) is 2. The van der Waals surface area contributed by atoms with Gasteiger partial charge in [-0.2, -0.15) is 0 Å². The third kappa shape index (κ3) is 8.05. The molecular weight excluding hydrogens is 542 g/mol. The molecule has 3 N–H and O–H groups in total. The van der Waals surface area contributed by atoms with E-state index >= 15 is 0 Å². The lowest BCUT2D eigenvalue weighted by Gasteiger charge is -2.47. The van der Waals surface area contributed by atoms with Crippen LogP contribution in [0.3, 0.4) is 0 Å². The molecule has 1 aromatic rings. The highest BCUT2D eigenvalue weighted by molar-refractivity contribution is 7.90. The van der Waals surface area contributed by atoms with Gasteiger partial charge in [0.05, 0.1) is 36.3 Å². The van der Waals surface area contributed by atoms with Crippen LogP contribution in [-0.4, -0.2) is 118 Å². The molecule has 0 saturated carbocycles. The second kappa shape index (κ2) is 12.7. The number of carboxylic acid groups (broad SMARTS) is 1. The third-order valence-corrected chi connectivity index (χ3v) is 7.95. The summed E-state index contributed by atoms with van der Waals surface area (Å²) < 4.78 is 35.2. The molecule has 1 fully saturated rings. The average molecular weight is 584 g/mol. The molecule has 3 rings (SSSR count). The van der Waals surface area contributed by atoms with Gasteiger partial charge in [-0.3, -0.25) is 20.3 Å². The molecule has 2 aliphatic heterocycles. The number of nitrogens with zero attached hydrogens (tertiary/aromatic N) is 3. The maximum Gasteiger partial charge on any atom is 0.409 e. The number of sulfone groups is 1. The van der Waals surface area contributed by atoms with Crippen LogP contribution in [0.5, 0.6) is 0 Å². The average Bonchev–Trinajstić information content (AvgIpc) is 2.85. The highest BCUT2D eigenvalue weighted by Gasteiger charge is 2.42. The van der Waals surface area contributed by atoms with Crippen molar-refractivity contribution < 1.29 is 37.4 Å². The molecule has 40 heavy (non-hydrogen) atoms. The number of fused-ring (bicyclic) bond motifs is 1. The number of morpholine rings is 1. The van der Waals surface area contributed by atoms with Crippen molar-refractivity contribution in [1.29, 1.82) is 0 Å². The van der Waals surface area contributed by atoms with Crippen molar-refractivity contribution in [2.24, 2.45) is 0 Å². The predicted octanol–water partition coefficient (Wildman–Crippen LogP) is 1.33. The number of rotatable bonds is 10. The van der Waals surface area contributed by atoms with E-state index in [-0.39, 0.29) is 29.3 Å². The molecule has 14 heteroatoms. The summed E-state index contributed by atoms with van der Waals surface area (Å²) in [7, 11) is -1.71. The monoisotopic (exact) mass is 583 g/mol. The van der Waals surface area contributed by atoms with E-state index in [4.69, 9.17) is 14.6 Å². The number of carbonyl (C=O) groups excluding carboxylic acids is 2. The smallest absolute Gasteiger partial charge is 0.409 e. The molecule has 13 nitrogen and oxygen atoms in total. The molecule has 1 saturated heterocycles. The van der Waals surface area contributed by atoms with Crippen molar-refractivity contribution in [1.82, 2.24) is 15.1 Å². The van der Waals surface area contributed by atoms with Gasteiger partial charge in [0.25, 0.3) is 0 Å². The van der Waals surface area contributed by atoms with Gasteiger partial charge in [-0.25, -0.2) is 18.0 Å². The minimum atomic E-state index is -3.38. The minimum absolute atomic E-state index is 0.0149. The number of anilines is 2. The summed E-state index contributed by atoms with van der Waals surface area (Å²) in [6.45, 7) is 11.3. The van der Waals surface area contributed by atoms with Crippen LogP contribution in [0.2, 0.25) is 0 Å². The van der Waals surface area contributed by atoms with Gasteiger partial charge in [0, 0.05) is 50.7 Å². The lowest BCUT2D eigenvalue weighted by Crippen LogP contribution is -2.63. The standard InChI is InChI=1S/C26H41N5O8S/c1-17-18(28-25(34)35)7-8-20-21(17)23(33)39-24(31(20)26(2,3)4)27-19(9-16-40(6,36)37)22(32)29(5)10-11-30-12-14-38-15-13-30/h7-8,19,24,27-28H,9-16H2,1-6H3,(H,34,35)/t19-,24?/m0/s1. The quantitative estimate of drug-likeness (QED) is 0.341. The maximum atomic E-state index is 13.6. The Morgan fingerprint density at radius 3 is 2.45 bits per heavy atom. The summed E-state index contributed by atoms with van der Waals surface area (Å²) in [6, 6.07) is 2.25. The van der Waals surface area contributed by atoms with E-state index in [9.17, 15) is 22.8 Å². The number of cyclic esters (lactones) is 1. The number of esters is 1. The van der Waals surface area contributed by atoms with E-state index in [0.717, 1.165) is 19.3 Å². The largest absolute Gasteiger partial charge is 0.465 e. The second-order valence-electron chi connectivity index (χ2n) is 11.2. The topological polar surface area (TPSA) is 158 Å². The number of hydrogen-bond donors (Lipinski definition) is 3.